The molecule has 0 aromatic heterocycles. The van der Waals surface area contributed by atoms with E-state index in [1.54, 1.807) is 0 Å². The van der Waals surface area contributed by atoms with Gasteiger partial charge in [-0.1, -0.05) is 19.1 Å². The number of hydrogen-bond donors (Lipinski definition) is 1. The lowest BCUT2D eigenvalue weighted by molar-refractivity contribution is -0.115. The van der Waals surface area contributed by atoms with Gasteiger partial charge >= 0.3 is 0 Å². The molecule has 1 atom stereocenters. The van der Waals surface area contributed by atoms with E-state index in [4.69, 9.17) is 0 Å². The van der Waals surface area contributed by atoms with Crippen molar-refractivity contribution < 1.29 is 4.79 Å². The predicted octanol–water partition coefficient (Wildman–Crippen LogP) is 6.70. The summed E-state index contributed by atoms with van der Waals surface area (Å²) in [5, 5.41) is 3.54. The maximum Gasteiger partial charge on any atom is 0.264 e. The Hall–Kier alpha value is -2.53. The second-order valence-electron chi connectivity index (χ2n) is 9.97. The Labute approximate surface area is 196 Å². The first-order valence-corrected chi connectivity index (χ1v) is 12.2. The largest absolute Gasteiger partial charge is 0.364 e. The van der Waals surface area contributed by atoms with Crippen molar-refractivity contribution >= 4 is 40.3 Å². The summed E-state index contributed by atoms with van der Waals surface area (Å²) in [7, 11) is 0. The number of aryl methyl sites for hydroxylation is 2. The SMILES string of the molecule is Cc1cccc(N=C2NC(=O)/C(=C/c3cc4c(cc3C)N(C(C)C)C(C)(C)C[C@H]4C)S2)c1. The molecule has 0 aliphatic carbocycles. The molecular weight excluding hydrogens is 414 g/mol. The summed E-state index contributed by atoms with van der Waals surface area (Å²) < 4.78 is 0. The summed E-state index contributed by atoms with van der Waals surface area (Å²) >= 11 is 1.41. The lowest BCUT2D eigenvalue weighted by Gasteiger charge is -2.50. The van der Waals surface area contributed by atoms with Crippen LogP contribution in [0.15, 0.2) is 46.3 Å². The van der Waals surface area contributed by atoms with Crippen molar-refractivity contribution in [3.63, 3.8) is 0 Å². The Morgan fingerprint density at radius 1 is 1.22 bits per heavy atom. The molecule has 1 fully saturated rings. The number of aliphatic imine (C=N–C) groups is 1. The van der Waals surface area contributed by atoms with Gasteiger partial charge in [0.25, 0.3) is 5.91 Å². The Bertz CT molecular complexity index is 1130. The van der Waals surface area contributed by atoms with Gasteiger partial charge in [-0.3, -0.25) is 4.79 Å². The summed E-state index contributed by atoms with van der Waals surface area (Å²) in [6.07, 6.45) is 3.13. The molecule has 1 N–H and O–H groups in total. The molecule has 32 heavy (non-hydrogen) atoms. The highest BCUT2D eigenvalue weighted by Crippen LogP contribution is 2.45. The van der Waals surface area contributed by atoms with Crippen molar-refractivity contribution in [1.29, 1.82) is 0 Å². The average Bonchev–Trinajstić information content (AvgIpc) is 3.00. The third kappa shape index (κ3) is 4.36. The molecule has 1 saturated heterocycles. The van der Waals surface area contributed by atoms with E-state index < -0.39 is 0 Å². The standard InChI is InChI=1S/C27H33N3OS/c1-16(2)30-23-12-18(4)20(13-22(23)19(5)15-27(30,6)7)14-24-25(31)29-26(32-24)28-21-10-8-9-17(3)11-21/h8-14,16,19H,15H2,1-7H3,(H,28,29,31)/b24-14-/t19-/m1/s1. The summed E-state index contributed by atoms with van der Waals surface area (Å²) in [4.78, 5) is 20.5. The molecule has 2 aromatic rings. The molecule has 0 spiro atoms. The van der Waals surface area contributed by atoms with Gasteiger partial charge in [0.15, 0.2) is 5.17 Å². The number of thioether (sulfide) groups is 1. The van der Waals surface area contributed by atoms with E-state index in [0.29, 0.717) is 22.0 Å². The minimum absolute atomic E-state index is 0.0866. The summed E-state index contributed by atoms with van der Waals surface area (Å²) in [5.74, 6) is 0.382. The molecule has 2 aliphatic heterocycles. The van der Waals surface area contributed by atoms with Gasteiger partial charge in [0.05, 0.1) is 10.6 Å². The molecule has 2 heterocycles. The van der Waals surface area contributed by atoms with Crippen LogP contribution in [0, 0.1) is 13.8 Å². The molecular formula is C27H33N3OS. The Kier molecular flexibility index (Phi) is 5.97. The second kappa shape index (κ2) is 8.43. The molecule has 2 aromatic carbocycles. The number of carbonyl (C=O) groups is 1. The van der Waals surface area contributed by atoms with Gasteiger partial charge in [-0.2, -0.15) is 0 Å². The van der Waals surface area contributed by atoms with E-state index in [9.17, 15) is 4.79 Å². The van der Waals surface area contributed by atoms with Crippen LogP contribution in [0.5, 0.6) is 0 Å². The van der Waals surface area contributed by atoms with E-state index in [2.05, 4.69) is 68.9 Å². The molecule has 0 saturated carbocycles. The van der Waals surface area contributed by atoms with E-state index in [0.717, 1.165) is 23.2 Å². The second-order valence-corrected chi connectivity index (χ2v) is 11.0. The normalized spacial score (nSPS) is 22.6. The third-order valence-electron chi connectivity index (χ3n) is 6.35. The van der Waals surface area contributed by atoms with Crippen LogP contribution in [0.4, 0.5) is 11.4 Å². The number of benzene rings is 2. The smallest absolute Gasteiger partial charge is 0.264 e. The highest BCUT2D eigenvalue weighted by atomic mass is 32.2. The van der Waals surface area contributed by atoms with Crippen LogP contribution >= 0.6 is 11.8 Å². The zero-order valence-electron chi connectivity index (χ0n) is 20.1. The maximum absolute atomic E-state index is 12.6. The minimum Gasteiger partial charge on any atom is -0.364 e. The van der Waals surface area contributed by atoms with Gasteiger partial charge in [0.2, 0.25) is 0 Å². The third-order valence-corrected chi connectivity index (χ3v) is 7.26. The first kappa shape index (κ1) is 22.7. The quantitative estimate of drug-likeness (QED) is 0.533. The zero-order valence-corrected chi connectivity index (χ0v) is 20.9. The monoisotopic (exact) mass is 447 g/mol. The number of hydrogen-bond acceptors (Lipinski definition) is 4. The number of anilines is 1. The van der Waals surface area contributed by atoms with Crippen LogP contribution < -0.4 is 10.2 Å². The van der Waals surface area contributed by atoms with Crippen molar-refractivity contribution in [3.05, 3.63) is 63.6 Å². The van der Waals surface area contributed by atoms with Crippen LogP contribution in [0.1, 0.15) is 69.2 Å². The van der Waals surface area contributed by atoms with Gasteiger partial charge in [0, 0.05) is 17.3 Å². The number of amidine groups is 1. The average molecular weight is 448 g/mol. The number of carbonyl (C=O) groups excluding carboxylic acids is 1. The predicted molar refractivity (Wildman–Crippen MR) is 138 cm³/mol. The molecule has 168 valence electrons. The fraction of sp³-hybridized carbons (Fsp3) is 0.407. The van der Waals surface area contributed by atoms with Crippen LogP contribution in [0.2, 0.25) is 0 Å². The molecule has 4 rings (SSSR count). The van der Waals surface area contributed by atoms with Crippen LogP contribution in [0.3, 0.4) is 0 Å². The number of amides is 1. The summed E-state index contributed by atoms with van der Waals surface area (Å²) in [6.45, 7) is 15.7. The Morgan fingerprint density at radius 2 is 1.97 bits per heavy atom. The lowest BCUT2D eigenvalue weighted by atomic mass is 9.78. The van der Waals surface area contributed by atoms with Gasteiger partial charge < -0.3 is 10.2 Å². The van der Waals surface area contributed by atoms with Crippen LogP contribution in [-0.4, -0.2) is 22.7 Å². The zero-order chi connectivity index (χ0) is 23.2. The fourth-order valence-electron chi connectivity index (χ4n) is 5.18. The molecule has 0 bridgehead atoms. The van der Waals surface area contributed by atoms with Crippen molar-refractivity contribution in [2.24, 2.45) is 4.99 Å². The van der Waals surface area contributed by atoms with Crippen molar-refractivity contribution in [3.8, 4) is 0 Å². The van der Waals surface area contributed by atoms with E-state index >= 15 is 0 Å². The molecule has 5 heteroatoms. The van der Waals surface area contributed by atoms with E-state index in [1.165, 1.54) is 28.6 Å². The van der Waals surface area contributed by atoms with Crippen LogP contribution in [-0.2, 0) is 4.79 Å². The number of rotatable bonds is 3. The van der Waals surface area contributed by atoms with Gasteiger partial charge in [-0.05, 0) is 118 Å². The van der Waals surface area contributed by atoms with E-state index in [-0.39, 0.29) is 11.4 Å². The minimum atomic E-state index is -0.0866. The van der Waals surface area contributed by atoms with Crippen molar-refractivity contribution in [1.82, 2.24) is 5.32 Å². The first-order chi connectivity index (χ1) is 15.0. The summed E-state index contributed by atoms with van der Waals surface area (Å²) in [6, 6.07) is 13.0. The molecule has 2 aliphatic rings. The lowest BCUT2D eigenvalue weighted by Crippen LogP contribution is -2.51. The maximum atomic E-state index is 12.6. The van der Waals surface area contributed by atoms with Gasteiger partial charge in [-0.25, -0.2) is 4.99 Å². The summed E-state index contributed by atoms with van der Waals surface area (Å²) in [5.41, 5.74) is 7.10. The highest BCUT2D eigenvalue weighted by Gasteiger charge is 2.38. The Morgan fingerprint density at radius 3 is 2.66 bits per heavy atom. The van der Waals surface area contributed by atoms with E-state index in [1.807, 2.05) is 37.3 Å². The number of nitrogens with one attached hydrogen (secondary N) is 1. The molecule has 1 amide bonds. The molecule has 0 radical (unpaired) electrons. The van der Waals surface area contributed by atoms with Crippen molar-refractivity contribution in [2.45, 2.75) is 72.4 Å². The fourth-order valence-corrected chi connectivity index (χ4v) is 6.02. The van der Waals surface area contributed by atoms with Crippen molar-refractivity contribution in [2.75, 3.05) is 4.90 Å². The van der Waals surface area contributed by atoms with Gasteiger partial charge in [-0.15, -0.1) is 0 Å². The molecule has 4 nitrogen and oxygen atoms in total. The van der Waals surface area contributed by atoms with Crippen LogP contribution in [0.25, 0.3) is 6.08 Å². The Balaban J connectivity index is 1.68. The number of fused-ring (bicyclic) bond motifs is 1. The molecule has 0 unspecified atom stereocenters. The highest BCUT2D eigenvalue weighted by molar-refractivity contribution is 8.18. The number of nitrogens with zero attached hydrogens (tertiary/aromatic N) is 2. The first-order valence-electron chi connectivity index (χ1n) is 11.4. The van der Waals surface area contributed by atoms with Gasteiger partial charge in [0.1, 0.15) is 0 Å². The topological polar surface area (TPSA) is 44.7 Å².